The van der Waals surface area contributed by atoms with Gasteiger partial charge >= 0.3 is 5.97 Å². The first-order valence-corrected chi connectivity index (χ1v) is 10.6. The molecule has 166 valence electrons. The van der Waals surface area contributed by atoms with Crippen LogP contribution in [-0.4, -0.2) is 46.3 Å². The van der Waals surface area contributed by atoms with Gasteiger partial charge in [-0.2, -0.15) is 0 Å². The summed E-state index contributed by atoms with van der Waals surface area (Å²) in [5.41, 5.74) is -6.28. The fourth-order valence-corrected chi connectivity index (χ4v) is 6.62. The molecule has 0 aliphatic heterocycles. The molecule has 7 heteroatoms. The van der Waals surface area contributed by atoms with Gasteiger partial charge in [-0.3, -0.25) is 19.2 Å². The summed E-state index contributed by atoms with van der Waals surface area (Å²) in [4.78, 5) is 49.5. The largest absolute Gasteiger partial charge is 0.458 e. The summed E-state index contributed by atoms with van der Waals surface area (Å²) in [6.07, 6.45) is 7.43. The number of Topliss-reactive ketones (excluding diaryl/α,β-unsaturated/α-hetero) is 2. The third-order valence-electron chi connectivity index (χ3n) is 8.39. The lowest BCUT2D eigenvalue weighted by Gasteiger charge is -2.57. The van der Waals surface area contributed by atoms with E-state index in [1.165, 1.54) is 25.2 Å². The summed E-state index contributed by atoms with van der Waals surface area (Å²) >= 11 is 0. The summed E-state index contributed by atoms with van der Waals surface area (Å²) < 4.78 is 21.7. The number of allylic oxidation sites excluding steroid dienone is 6. The van der Waals surface area contributed by atoms with Gasteiger partial charge in [-0.25, -0.2) is 4.39 Å². The second-order valence-corrected chi connectivity index (χ2v) is 9.86. The van der Waals surface area contributed by atoms with E-state index >= 15 is 4.39 Å². The smallest absolute Gasteiger partial charge is 0.303 e. The number of halogens is 1. The van der Waals surface area contributed by atoms with Gasteiger partial charge in [-0.15, -0.1) is 0 Å². The van der Waals surface area contributed by atoms with Crippen molar-refractivity contribution in [2.75, 3.05) is 6.61 Å². The molecule has 31 heavy (non-hydrogen) atoms. The standard InChI is InChI=1S/C24H27FO6/c1-13-9-18-17-6-5-15-10-16(27)7-8-21(15,3)23(17,25)19(28)11-22(18,4)24(13,30)20(29)12-31-14(2)26/h5-8,10,13,17-18,30H,9,11-12H2,1-4H3/t13-,17+,18+,21+,22+,23+,24+/m1/s1. The van der Waals surface area contributed by atoms with Crippen LogP contribution in [-0.2, 0) is 23.9 Å². The summed E-state index contributed by atoms with van der Waals surface area (Å²) in [6.45, 7) is 5.56. The molecule has 0 bridgehead atoms. The Bertz CT molecular complexity index is 994. The van der Waals surface area contributed by atoms with Gasteiger partial charge in [0.05, 0.1) is 5.41 Å². The van der Waals surface area contributed by atoms with Crippen molar-refractivity contribution < 1.29 is 33.4 Å². The number of rotatable bonds is 3. The van der Waals surface area contributed by atoms with Crippen LogP contribution in [0.1, 0.15) is 40.5 Å². The van der Waals surface area contributed by atoms with Crippen LogP contribution in [0.4, 0.5) is 4.39 Å². The van der Waals surface area contributed by atoms with Crippen molar-refractivity contribution in [2.24, 2.45) is 28.6 Å². The van der Waals surface area contributed by atoms with E-state index in [0.29, 0.717) is 12.0 Å². The molecule has 1 N–H and O–H groups in total. The highest BCUT2D eigenvalue weighted by Gasteiger charge is 2.75. The minimum atomic E-state index is -2.29. The van der Waals surface area contributed by atoms with Crippen LogP contribution in [0.3, 0.4) is 0 Å². The molecule has 0 amide bonds. The predicted molar refractivity (Wildman–Crippen MR) is 108 cm³/mol. The molecule has 7 atom stereocenters. The second-order valence-electron chi connectivity index (χ2n) is 9.86. The topological polar surface area (TPSA) is 97.7 Å². The molecule has 4 rings (SSSR count). The van der Waals surface area contributed by atoms with E-state index in [1.54, 1.807) is 32.9 Å². The van der Waals surface area contributed by atoms with Crippen molar-refractivity contribution >= 4 is 23.3 Å². The molecule has 0 aromatic heterocycles. The van der Waals surface area contributed by atoms with Gasteiger partial charge in [0.2, 0.25) is 5.78 Å². The van der Waals surface area contributed by atoms with E-state index in [0.717, 1.165) is 0 Å². The molecular weight excluding hydrogens is 403 g/mol. The Hall–Kier alpha value is -2.41. The van der Waals surface area contributed by atoms with Crippen molar-refractivity contribution in [2.45, 2.75) is 51.8 Å². The number of hydrogen-bond donors (Lipinski definition) is 1. The molecule has 0 saturated heterocycles. The SMILES string of the molecule is CC(=O)OCC(=O)[C@@]1(O)[C@H](C)C[C@H]2[C@@H]3C=CC4=CC(=O)C=C[C@]4(C)[C@@]3(F)C(=O)C[C@@]21C. The van der Waals surface area contributed by atoms with Crippen molar-refractivity contribution in [1.82, 2.24) is 0 Å². The molecule has 0 spiro atoms. The van der Waals surface area contributed by atoms with Crippen molar-refractivity contribution in [3.8, 4) is 0 Å². The lowest BCUT2D eigenvalue weighted by Crippen LogP contribution is -2.67. The van der Waals surface area contributed by atoms with E-state index < -0.39 is 64.0 Å². The monoisotopic (exact) mass is 430 g/mol. The average molecular weight is 430 g/mol. The molecular formula is C24H27FO6. The van der Waals surface area contributed by atoms with Crippen LogP contribution in [0, 0.1) is 28.6 Å². The minimum Gasteiger partial charge on any atom is -0.458 e. The fraction of sp³-hybridized carbons (Fsp3) is 0.583. The zero-order valence-corrected chi connectivity index (χ0v) is 18.1. The highest BCUT2D eigenvalue weighted by molar-refractivity contribution is 6.03. The summed E-state index contributed by atoms with van der Waals surface area (Å²) in [6, 6.07) is 0. The molecule has 6 nitrogen and oxygen atoms in total. The molecule has 0 aromatic rings. The van der Waals surface area contributed by atoms with E-state index in [9.17, 15) is 24.3 Å². The van der Waals surface area contributed by atoms with Gasteiger partial charge < -0.3 is 9.84 Å². The molecule has 2 saturated carbocycles. The number of hydrogen-bond acceptors (Lipinski definition) is 6. The van der Waals surface area contributed by atoms with Crippen molar-refractivity contribution in [1.29, 1.82) is 0 Å². The van der Waals surface area contributed by atoms with E-state index in [1.807, 2.05) is 0 Å². The van der Waals surface area contributed by atoms with E-state index in [2.05, 4.69) is 0 Å². The number of esters is 1. The Morgan fingerprint density at radius 3 is 2.58 bits per heavy atom. The third kappa shape index (κ3) is 2.52. The molecule has 4 aliphatic rings. The van der Waals surface area contributed by atoms with Crippen LogP contribution < -0.4 is 0 Å². The maximum Gasteiger partial charge on any atom is 0.303 e. The number of carbonyl (C=O) groups is 4. The minimum absolute atomic E-state index is 0.257. The highest BCUT2D eigenvalue weighted by atomic mass is 19.1. The van der Waals surface area contributed by atoms with Gasteiger partial charge in [0.25, 0.3) is 0 Å². The lowest BCUT2D eigenvalue weighted by molar-refractivity contribution is -0.182. The average Bonchev–Trinajstić information content (AvgIpc) is 2.89. The highest BCUT2D eigenvalue weighted by Crippen LogP contribution is 2.68. The second kappa shape index (κ2) is 6.55. The van der Waals surface area contributed by atoms with Gasteiger partial charge in [0, 0.05) is 24.7 Å². The first kappa shape index (κ1) is 21.8. The Labute approximate surface area is 180 Å². The maximum absolute atomic E-state index is 16.9. The quantitative estimate of drug-likeness (QED) is 0.691. The number of ketones is 3. The van der Waals surface area contributed by atoms with Crippen LogP contribution >= 0.6 is 0 Å². The molecule has 0 unspecified atom stereocenters. The number of ether oxygens (including phenoxy) is 1. The van der Waals surface area contributed by atoms with E-state index in [4.69, 9.17) is 4.74 Å². The van der Waals surface area contributed by atoms with Gasteiger partial charge in [-0.1, -0.05) is 32.1 Å². The molecule has 0 heterocycles. The summed E-state index contributed by atoms with van der Waals surface area (Å²) in [5, 5.41) is 11.6. The van der Waals surface area contributed by atoms with Gasteiger partial charge in [0.1, 0.15) is 5.60 Å². The predicted octanol–water partition coefficient (Wildman–Crippen LogP) is 2.45. The van der Waals surface area contributed by atoms with Crippen molar-refractivity contribution in [3.63, 3.8) is 0 Å². The Morgan fingerprint density at radius 2 is 1.94 bits per heavy atom. The Balaban J connectivity index is 1.81. The Morgan fingerprint density at radius 1 is 1.26 bits per heavy atom. The number of fused-ring (bicyclic) bond motifs is 5. The first-order chi connectivity index (χ1) is 14.3. The fourth-order valence-electron chi connectivity index (χ4n) is 6.62. The Kier molecular flexibility index (Phi) is 4.60. The molecule has 4 aliphatic carbocycles. The molecule has 2 fully saturated rings. The van der Waals surface area contributed by atoms with E-state index in [-0.39, 0.29) is 12.2 Å². The molecule has 0 aromatic carbocycles. The van der Waals surface area contributed by atoms with Crippen LogP contribution in [0.5, 0.6) is 0 Å². The summed E-state index contributed by atoms with van der Waals surface area (Å²) in [5.74, 6) is -4.17. The summed E-state index contributed by atoms with van der Waals surface area (Å²) in [7, 11) is 0. The molecule has 0 radical (unpaired) electrons. The van der Waals surface area contributed by atoms with Gasteiger partial charge in [0.15, 0.2) is 23.8 Å². The van der Waals surface area contributed by atoms with Gasteiger partial charge in [-0.05, 0) is 42.9 Å². The number of alkyl halides is 1. The third-order valence-corrected chi connectivity index (χ3v) is 8.39. The maximum atomic E-state index is 16.9. The number of aliphatic hydroxyl groups is 1. The lowest BCUT2D eigenvalue weighted by atomic mass is 9.46. The first-order valence-electron chi connectivity index (χ1n) is 10.6. The zero-order chi connectivity index (χ0) is 23.0. The van der Waals surface area contributed by atoms with Crippen LogP contribution in [0.2, 0.25) is 0 Å². The zero-order valence-electron chi connectivity index (χ0n) is 18.1. The van der Waals surface area contributed by atoms with Crippen LogP contribution in [0.25, 0.3) is 0 Å². The van der Waals surface area contributed by atoms with Crippen molar-refractivity contribution in [3.05, 3.63) is 36.0 Å². The normalized spacial score (nSPS) is 45.5. The van der Waals surface area contributed by atoms with Crippen LogP contribution in [0.15, 0.2) is 36.0 Å². The number of carbonyl (C=O) groups excluding carboxylic acids is 4.